The number of benzene rings is 2. The van der Waals surface area contributed by atoms with E-state index in [0.717, 1.165) is 17.9 Å². The number of rotatable bonds is 2. The second kappa shape index (κ2) is 5.74. The van der Waals surface area contributed by atoms with E-state index in [-0.39, 0.29) is 12.3 Å². The van der Waals surface area contributed by atoms with Gasteiger partial charge in [-0.1, -0.05) is 48.5 Å². The summed E-state index contributed by atoms with van der Waals surface area (Å²) in [6.07, 6.45) is 0.738. The minimum atomic E-state index is -0.182. The molecule has 2 atom stereocenters. The summed E-state index contributed by atoms with van der Waals surface area (Å²) in [6.45, 7) is 2.13. The SMILES string of the molecule is Cc1ccccc1[C@@H]1Oc2ccccc2[C@H]2CC(c3cccs3)=NN21. The summed E-state index contributed by atoms with van der Waals surface area (Å²) >= 11 is 1.75. The van der Waals surface area contributed by atoms with Crippen molar-refractivity contribution < 1.29 is 4.74 Å². The van der Waals surface area contributed by atoms with Crippen molar-refractivity contribution in [2.45, 2.75) is 25.6 Å². The van der Waals surface area contributed by atoms with Crippen LogP contribution in [0.5, 0.6) is 5.75 Å². The summed E-state index contributed by atoms with van der Waals surface area (Å²) in [6, 6.07) is 21.2. The van der Waals surface area contributed by atoms with Gasteiger partial charge in [0.05, 0.1) is 16.6 Å². The molecule has 0 fully saturated rings. The Morgan fingerprint density at radius 3 is 2.60 bits per heavy atom. The van der Waals surface area contributed by atoms with Crippen LogP contribution in [0.2, 0.25) is 0 Å². The highest BCUT2D eigenvalue weighted by molar-refractivity contribution is 7.12. The third-order valence-corrected chi connectivity index (χ3v) is 5.88. The zero-order valence-corrected chi connectivity index (χ0v) is 14.7. The van der Waals surface area contributed by atoms with Crippen LogP contribution in [0, 0.1) is 6.92 Å². The van der Waals surface area contributed by atoms with Crippen molar-refractivity contribution in [3.8, 4) is 5.75 Å². The van der Waals surface area contributed by atoms with Gasteiger partial charge < -0.3 is 4.74 Å². The zero-order valence-electron chi connectivity index (χ0n) is 13.9. The van der Waals surface area contributed by atoms with E-state index >= 15 is 0 Å². The number of thiophene rings is 1. The van der Waals surface area contributed by atoms with Crippen LogP contribution in [0.1, 0.15) is 40.3 Å². The Labute approximate surface area is 151 Å². The van der Waals surface area contributed by atoms with Crippen LogP contribution in [-0.2, 0) is 0 Å². The summed E-state index contributed by atoms with van der Waals surface area (Å²) < 4.78 is 6.40. The third-order valence-electron chi connectivity index (χ3n) is 4.96. The first-order valence-corrected chi connectivity index (χ1v) is 9.40. The predicted octanol–water partition coefficient (Wildman–Crippen LogP) is 5.30. The summed E-state index contributed by atoms with van der Waals surface area (Å²) in [4.78, 5) is 1.25. The number of hydrogen-bond acceptors (Lipinski definition) is 4. The van der Waals surface area contributed by atoms with E-state index in [1.165, 1.54) is 21.6 Å². The summed E-state index contributed by atoms with van der Waals surface area (Å²) in [7, 11) is 0. The molecular weight excluding hydrogens is 328 g/mol. The molecule has 4 heteroatoms. The van der Waals surface area contributed by atoms with Gasteiger partial charge in [-0.15, -0.1) is 11.3 Å². The summed E-state index contributed by atoms with van der Waals surface area (Å²) in [5.74, 6) is 0.972. The smallest absolute Gasteiger partial charge is 0.214 e. The maximum absolute atomic E-state index is 6.40. The highest BCUT2D eigenvalue weighted by Crippen LogP contribution is 2.47. The topological polar surface area (TPSA) is 24.8 Å². The monoisotopic (exact) mass is 346 g/mol. The molecule has 124 valence electrons. The molecule has 3 aromatic rings. The molecule has 5 rings (SSSR count). The summed E-state index contributed by atoms with van der Waals surface area (Å²) in [5.41, 5.74) is 4.78. The molecule has 0 saturated heterocycles. The van der Waals surface area contributed by atoms with Gasteiger partial charge in [0.25, 0.3) is 0 Å². The molecule has 0 N–H and O–H groups in total. The lowest BCUT2D eigenvalue weighted by Crippen LogP contribution is -2.34. The molecule has 3 nitrogen and oxygen atoms in total. The average molecular weight is 346 g/mol. The maximum Gasteiger partial charge on any atom is 0.214 e. The molecule has 0 bridgehead atoms. The number of para-hydroxylation sites is 1. The molecule has 2 aliphatic rings. The molecule has 2 aromatic carbocycles. The molecular formula is C21H18N2OS. The number of hydrogen-bond donors (Lipinski definition) is 0. The van der Waals surface area contributed by atoms with Crippen molar-refractivity contribution in [1.82, 2.24) is 5.01 Å². The third kappa shape index (κ3) is 2.36. The van der Waals surface area contributed by atoms with Gasteiger partial charge in [0.1, 0.15) is 5.75 Å². The first-order valence-electron chi connectivity index (χ1n) is 8.52. The van der Waals surface area contributed by atoms with E-state index in [4.69, 9.17) is 9.84 Å². The highest BCUT2D eigenvalue weighted by atomic mass is 32.1. The van der Waals surface area contributed by atoms with Gasteiger partial charge in [0.2, 0.25) is 6.23 Å². The molecule has 0 aliphatic carbocycles. The van der Waals surface area contributed by atoms with Crippen molar-refractivity contribution in [2.24, 2.45) is 5.10 Å². The Morgan fingerprint density at radius 2 is 1.80 bits per heavy atom. The molecule has 25 heavy (non-hydrogen) atoms. The largest absolute Gasteiger partial charge is 0.464 e. The van der Waals surface area contributed by atoms with Gasteiger partial charge in [-0.05, 0) is 30.0 Å². The van der Waals surface area contributed by atoms with E-state index in [0.29, 0.717) is 0 Å². The second-order valence-electron chi connectivity index (χ2n) is 6.49. The Bertz CT molecular complexity index is 948. The lowest BCUT2D eigenvalue weighted by Gasteiger charge is -2.38. The summed E-state index contributed by atoms with van der Waals surface area (Å²) in [5, 5.41) is 9.25. The minimum Gasteiger partial charge on any atom is -0.464 e. The first kappa shape index (κ1) is 14.7. The number of fused-ring (bicyclic) bond motifs is 3. The molecule has 1 aromatic heterocycles. The average Bonchev–Trinajstić information content (AvgIpc) is 3.31. The lowest BCUT2D eigenvalue weighted by molar-refractivity contribution is -0.0194. The quantitative estimate of drug-likeness (QED) is 0.629. The van der Waals surface area contributed by atoms with Gasteiger partial charge in [-0.2, -0.15) is 5.10 Å². The van der Waals surface area contributed by atoms with Gasteiger partial charge in [0, 0.05) is 17.5 Å². The molecule has 2 aliphatic heterocycles. The molecule has 0 unspecified atom stereocenters. The first-order chi connectivity index (χ1) is 12.3. The van der Waals surface area contributed by atoms with Crippen molar-refractivity contribution in [2.75, 3.05) is 0 Å². The molecule has 3 heterocycles. The normalized spacial score (nSPS) is 21.3. The molecule has 0 saturated carbocycles. The maximum atomic E-state index is 6.40. The molecule has 0 amide bonds. The number of nitrogens with zero attached hydrogens (tertiary/aromatic N) is 2. The van der Waals surface area contributed by atoms with Gasteiger partial charge in [-0.25, -0.2) is 5.01 Å². The van der Waals surface area contributed by atoms with Crippen molar-refractivity contribution in [3.05, 3.63) is 87.6 Å². The van der Waals surface area contributed by atoms with Crippen LogP contribution >= 0.6 is 11.3 Å². The minimum absolute atomic E-state index is 0.182. The van der Waals surface area contributed by atoms with Crippen LogP contribution in [0.25, 0.3) is 0 Å². The van der Waals surface area contributed by atoms with Crippen LogP contribution in [-0.4, -0.2) is 10.7 Å². The van der Waals surface area contributed by atoms with Crippen molar-refractivity contribution in [1.29, 1.82) is 0 Å². The van der Waals surface area contributed by atoms with Crippen LogP contribution < -0.4 is 4.74 Å². The Hall–Kier alpha value is -2.59. The molecule has 0 spiro atoms. The lowest BCUT2D eigenvalue weighted by atomic mass is 9.97. The zero-order chi connectivity index (χ0) is 16.8. The van der Waals surface area contributed by atoms with E-state index in [1.54, 1.807) is 11.3 Å². The van der Waals surface area contributed by atoms with Gasteiger partial charge in [0.15, 0.2) is 0 Å². The van der Waals surface area contributed by atoms with Crippen molar-refractivity contribution >= 4 is 17.0 Å². The van der Waals surface area contributed by atoms with Gasteiger partial charge in [-0.3, -0.25) is 0 Å². The van der Waals surface area contributed by atoms with E-state index in [2.05, 4.69) is 71.9 Å². The second-order valence-corrected chi connectivity index (χ2v) is 7.44. The molecule has 0 radical (unpaired) electrons. The Balaban J connectivity index is 1.63. The van der Waals surface area contributed by atoms with Crippen molar-refractivity contribution in [3.63, 3.8) is 0 Å². The van der Waals surface area contributed by atoms with Gasteiger partial charge >= 0.3 is 0 Å². The Morgan fingerprint density at radius 1 is 1.00 bits per heavy atom. The van der Waals surface area contributed by atoms with Crippen LogP contribution in [0.4, 0.5) is 0 Å². The van der Waals surface area contributed by atoms with E-state index in [1.807, 2.05) is 6.07 Å². The number of hydrazone groups is 1. The van der Waals surface area contributed by atoms with E-state index < -0.39 is 0 Å². The van der Waals surface area contributed by atoms with E-state index in [9.17, 15) is 0 Å². The van der Waals surface area contributed by atoms with Crippen LogP contribution in [0.3, 0.4) is 0 Å². The fraction of sp³-hybridized carbons (Fsp3) is 0.190. The standard InChI is InChI=1S/C21H18N2OS/c1-14-7-2-3-8-15(14)21-23-18(16-9-4-5-10-19(16)24-21)13-17(22-23)20-11-6-12-25-20/h2-12,18,21H,13H2,1H3/t18-,21+/m1/s1. The fourth-order valence-electron chi connectivity index (χ4n) is 3.69. The Kier molecular flexibility index (Phi) is 3.38. The van der Waals surface area contributed by atoms with Crippen LogP contribution in [0.15, 0.2) is 71.1 Å². The number of ether oxygens (including phenoxy) is 1. The predicted molar refractivity (Wildman–Crippen MR) is 101 cm³/mol. The highest BCUT2D eigenvalue weighted by Gasteiger charge is 2.41. The fourth-order valence-corrected chi connectivity index (χ4v) is 4.42. The number of aryl methyl sites for hydroxylation is 1.